The van der Waals surface area contributed by atoms with E-state index in [1.807, 2.05) is 37.3 Å². The molecule has 0 aliphatic carbocycles. The van der Waals surface area contributed by atoms with Crippen LogP contribution in [0.3, 0.4) is 0 Å². The van der Waals surface area contributed by atoms with E-state index < -0.39 is 0 Å². The van der Waals surface area contributed by atoms with Gasteiger partial charge in [-0.2, -0.15) is 9.78 Å². The summed E-state index contributed by atoms with van der Waals surface area (Å²) in [6.45, 7) is 5.86. The minimum Gasteiger partial charge on any atom is -0.490 e. The first kappa shape index (κ1) is 30.4. The van der Waals surface area contributed by atoms with Crippen LogP contribution in [0, 0.1) is 0 Å². The Hall–Kier alpha value is -5.67. The molecule has 0 spiro atoms. The number of amides is 1. The van der Waals surface area contributed by atoms with Crippen LogP contribution in [0.25, 0.3) is 33.5 Å². The van der Waals surface area contributed by atoms with E-state index in [2.05, 4.69) is 17.0 Å². The van der Waals surface area contributed by atoms with Crippen molar-refractivity contribution in [1.82, 2.24) is 9.66 Å². The van der Waals surface area contributed by atoms with E-state index in [1.165, 1.54) is 4.68 Å². The molecule has 0 bridgehead atoms. The van der Waals surface area contributed by atoms with Crippen molar-refractivity contribution in [2.24, 2.45) is 5.10 Å². The standard InChI is InChI=1S/C36H29ClN4O5/c1-3-10-24-17-23(18-31(44-4-2)34(24)45-22-33(42)39-27-11-6-5-7-12-27)21-38-41-35(40-29-14-9-8-13-28(29)36(41)43)32-20-25-19-26(37)15-16-30(25)46-32/h3,5-9,11-21H,1,4,10,22H2,2H3,(H,39,42). The van der Waals surface area contributed by atoms with Gasteiger partial charge in [-0.05, 0) is 79.6 Å². The number of hydrogen-bond acceptors (Lipinski definition) is 7. The van der Waals surface area contributed by atoms with Crippen LogP contribution in [0.1, 0.15) is 18.1 Å². The summed E-state index contributed by atoms with van der Waals surface area (Å²) in [5.74, 6) is 1.13. The SMILES string of the molecule is C=CCc1cc(C=Nn2c(-c3cc4cc(Cl)ccc4o3)nc3ccccc3c2=O)cc(OCC)c1OCC(=O)Nc1ccccc1. The number of allylic oxidation sites excluding steroid dienone is 1. The highest BCUT2D eigenvalue weighted by atomic mass is 35.5. The molecule has 2 heterocycles. The van der Waals surface area contributed by atoms with Gasteiger partial charge in [0.15, 0.2) is 23.9 Å². The Balaban J connectivity index is 1.38. The number of ether oxygens (including phenoxy) is 2. The Morgan fingerprint density at radius 1 is 1.04 bits per heavy atom. The fourth-order valence-electron chi connectivity index (χ4n) is 4.99. The summed E-state index contributed by atoms with van der Waals surface area (Å²) in [5, 5.41) is 9.14. The van der Waals surface area contributed by atoms with E-state index in [-0.39, 0.29) is 23.9 Å². The highest BCUT2D eigenvalue weighted by Gasteiger charge is 2.18. The molecule has 0 radical (unpaired) electrons. The number of nitrogens with zero attached hydrogens (tertiary/aromatic N) is 3. The number of carbonyl (C=O) groups excluding carboxylic acids is 1. The van der Waals surface area contributed by atoms with Crippen LogP contribution in [-0.2, 0) is 11.2 Å². The van der Waals surface area contributed by atoms with Crippen LogP contribution in [0.5, 0.6) is 11.5 Å². The summed E-state index contributed by atoms with van der Waals surface area (Å²) in [7, 11) is 0. The monoisotopic (exact) mass is 632 g/mol. The van der Waals surface area contributed by atoms with Gasteiger partial charge in [0, 0.05) is 21.7 Å². The predicted octanol–water partition coefficient (Wildman–Crippen LogP) is 7.49. The number of nitrogens with one attached hydrogen (secondary N) is 1. The maximum atomic E-state index is 13.7. The molecule has 9 nitrogen and oxygen atoms in total. The number of aromatic nitrogens is 2. The van der Waals surface area contributed by atoms with Gasteiger partial charge in [0.1, 0.15) is 5.58 Å². The molecule has 6 aromatic rings. The van der Waals surface area contributed by atoms with Gasteiger partial charge in [-0.15, -0.1) is 6.58 Å². The third-order valence-corrected chi connectivity index (χ3v) is 7.23. The van der Waals surface area contributed by atoms with Gasteiger partial charge in [-0.25, -0.2) is 4.98 Å². The van der Waals surface area contributed by atoms with Crippen LogP contribution in [-0.4, -0.2) is 35.0 Å². The summed E-state index contributed by atoms with van der Waals surface area (Å²) in [6, 6.07) is 26.8. The first-order valence-corrected chi connectivity index (χ1v) is 14.9. The van der Waals surface area contributed by atoms with Crippen molar-refractivity contribution in [3.8, 4) is 23.1 Å². The van der Waals surface area contributed by atoms with Crippen LogP contribution in [0.15, 0.2) is 118 Å². The second kappa shape index (κ2) is 13.5. The third-order valence-electron chi connectivity index (χ3n) is 7.00. The maximum absolute atomic E-state index is 13.7. The number of benzene rings is 4. The van der Waals surface area contributed by atoms with Gasteiger partial charge in [0.05, 0.1) is 23.7 Å². The van der Waals surface area contributed by atoms with E-state index in [1.54, 1.807) is 73.0 Å². The molecule has 4 aromatic carbocycles. The van der Waals surface area contributed by atoms with E-state index in [0.29, 0.717) is 63.0 Å². The molecule has 10 heteroatoms. The second-order valence-corrected chi connectivity index (χ2v) is 10.7. The Morgan fingerprint density at radius 3 is 2.65 bits per heavy atom. The number of carbonyl (C=O) groups is 1. The van der Waals surface area contributed by atoms with Crippen molar-refractivity contribution in [3.63, 3.8) is 0 Å². The zero-order chi connectivity index (χ0) is 32.0. The Labute approximate surface area is 269 Å². The lowest BCUT2D eigenvalue weighted by Gasteiger charge is -2.16. The van der Waals surface area contributed by atoms with Gasteiger partial charge in [0.25, 0.3) is 11.5 Å². The van der Waals surface area contributed by atoms with E-state index in [4.69, 9.17) is 30.5 Å². The zero-order valence-corrected chi connectivity index (χ0v) is 25.7. The molecule has 0 unspecified atom stereocenters. The molecule has 0 saturated carbocycles. The van der Waals surface area contributed by atoms with Gasteiger partial charge >= 0.3 is 0 Å². The third kappa shape index (κ3) is 6.55. The van der Waals surface area contributed by atoms with Gasteiger partial charge in [0.2, 0.25) is 5.82 Å². The topological polar surface area (TPSA) is 108 Å². The average molecular weight is 633 g/mol. The molecular weight excluding hydrogens is 604 g/mol. The van der Waals surface area contributed by atoms with Crippen molar-refractivity contribution in [3.05, 3.63) is 130 Å². The number of hydrogen-bond donors (Lipinski definition) is 1. The average Bonchev–Trinajstić information content (AvgIpc) is 3.48. The predicted molar refractivity (Wildman–Crippen MR) is 181 cm³/mol. The molecule has 1 amide bonds. The number of para-hydroxylation sites is 2. The minimum atomic E-state index is -0.365. The lowest BCUT2D eigenvalue weighted by molar-refractivity contribution is -0.118. The Morgan fingerprint density at radius 2 is 1.85 bits per heavy atom. The first-order chi connectivity index (χ1) is 22.4. The van der Waals surface area contributed by atoms with E-state index >= 15 is 0 Å². The van der Waals surface area contributed by atoms with E-state index in [0.717, 1.165) is 10.9 Å². The molecule has 0 aliphatic heterocycles. The van der Waals surface area contributed by atoms with Crippen molar-refractivity contribution >= 4 is 51.3 Å². The van der Waals surface area contributed by atoms with E-state index in [9.17, 15) is 9.59 Å². The number of fused-ring (bicyclic) bond motifs is 2. The molecule has 1 N–H and O–H groups in total. The molecular formula is C36H29ClN4O5. The summed E-state index contributed by atoms with van der Waals surface area (Å²) >= 11 is 6.19. The van der Waals surface area contributed by atoms with Crippen molar-refractivity contribution in [2.75, 3.05) is 18.5 Å². The fourth-order valence-corrected chi connectivity index (χ4v) is 5.17. The highest BCUT2D eigenvalue weighted by Crippen LogP contribution is 2.34. The van der Waals surface area contributed by atoms with Crippen LogP contribution in [0.2, 0.25) is 5.02 Å². The van der Waals surface area contributed by atoms with Crippen molar-refractivity contribution < 1.29 is 18.7 Å². The molecule has 6 rings (SSSR count). The smallest absolute Gasteiger partial charge is 0.282 e. The fraction of sp³-hybridized carbons (Fsp3) is 0.111. The summed E-state index contributed by atoms with van der Waals surface area (Å²) in [6.07, 6.45) is 3.70. The highest BCUT2D eigenvalue weighted by molar-refractivity contribution is 6.31. The maximum Gasteiger partial charge on any atom is 0.282 e. The number of rotatable bonds is 11. The summed E-state index contributed by atoms with van der Waals surface area (Å²) in [5.41, 5.74) is 2.77. The summed E-state index contributed by atoms with van der Waals surface area (Å²) < 4.78 is 19.2. The minimum absolute atomic E-state index is 0.225. The van der Waals surface area contributed by atoms with Crippen LogP contribution < -0.4 is 20.3 Å². The van der Waals surface area contributed by atoms with Gasteiger partial charge in [-0.3, -0.25) is 9.59 Å². The van der Waals surface area contributed by atoms with Gasteiger partial charge < -0.3 is 19.2 Å². The molecule has 0 saturated heterocycles. The Kier molecular flexibility index (Phi) is 8.94. The quantitative estimate of drug-likeness (QED) is 0.117. The molecule has 2 aromatic heterocycles. The lowest BCUT2D eigenvalue weighted by Crippen LogP contribution is -2.21. The normalized spacial score (nSPS) is 11.3. The van der Waals surface area contributed by atoms with Crippen LogP contribution >= 0.6 is 11.6 Å². The number of furan rings is 1. The van der Waals surface area contributed by atoms with Crippen LogP contribution in [0.4, 0.5) is 5.69 Å². The first-order valence-electron chi connectivity index (χ1n) is 14.6. The molecule has 230 valence electrons. The second-order valence-electron chi connectivity index (χ2n) is 10.2. The van der Waals surface area contributed by atoms with Crippen molar-refractivity contribution in [1.29, 1.82) is 0 Å². The molecule has 0 atom stereocenters. The molecule has 0 fully saturated rings. The Bertz CT molecular complexity index is 2150. The van der Waals surface area contributed by atoms with Crippen molar-refractivity contribution in [2.45, 2.75) is 13.3 Å². The molecule has 46 heavy (non-hydrogen) atoms. The lowest BCUT2D eigenvalue weighted by atomic mass is 10.1. The molecule has 0 aliphatic rings. The number of anilines is 1. The number of halogens is 1. The summed E-state index contributed by atoms with van der Waals surface area (Å²) in [4.78, 5) is 31.1. The zero-order valence-electron chi connectivity index (χ0n) is 24.9. The largest absolute Gasteiger partial charge is 0.490 e. The van der Waals surface area contributed by atoms with Gasteiger partial charge in [-0.1, -0.05) is 48.0 Å².